The molecule has 0 radical (unpaired) electrons. The summed E-state index contributed by atoms with van der Waals surface area (Å²) in [7, 11) is 0. The molecular formula is C19H21FN2O. The standard InChI is InChI=1S/C19H21FN2O/c1-14(15-7-3-2-4-8-15)21-18-11-6-12-22(19(18)23)17-10-5-9-16(20)13-17/h2-5,7-10,13-14,18,21H,6,11-12H2,1H3/t14-,18?/m0/s1. The third-order valence-corrected chi connectivity index (χ3v) is 4.31. The van der Waals surface area contributed by atoms with Gasteiger partial charge in [-0.1, -0.05) is 36.4 Å². The molecule has 0 bridgehead atoms. The highest BCUT2D eigenvalue weighted by atomic mass is 19.1. The zero-order chi connectivity index (χ0) is 16.2. The van der Waals surface area contributed by atoms with Gasteiger partial charge >= 0.3 is 0 Å². The minimum Gasteiger partial charge on any atom is -0.311 e. The number of rotatable bonds is 4. The summed E-state index contributed by atoms with van der Waals surface area (Å²) in [4.78, 5) is 14.4. The van der Waals surface area contributed by atoms with E-state index in [1.54, 1.807) is 17.0 Å². The third kappa shape index (κ3) is 3.59. The van der Waals surface area contributed by atoms with Gasteiger partial charge < -0.3 is 4.90 Å². The molecule has 2 atom stereocenters. The van der Waals surface area contributed by atoms with Crippen LogP contribution in [0, 0.1) is 5.82 Å². The molecule has 2 aromatic carbocycles. The molecule has 23 heavy (non-hydrogen) atoms. The summed E-state index contributed by atoms with van der Waals surface area (Å²) < 4.78 is 13.4. The Morgan fingerprint density at radius 3 is 2.70 bits per heavy atom. The Balaban J connectivity index is 1.72. The number of carbonyl (C=O) groups excluding carboxylic acids is 1. The van der Waals surface area contributed by atoms with E-state index >= 15 is 0 Å². The molecule has 1 saturated heterocycles. The van der Waals surface area contributed by atoms with Crippen molar-refractivity contribution in [2.45, 2.75) is 31.8 Å². The molecular weight excluding hydrogens is 291 g/mol. The zero-order valence-corrected chi connectivity index (χ0v) is 13.2. The molecule has 3 rings (SSSR count). The Hall–Kier alpha value is -2.20. The minimum absolute atomic E-state index is 0.0182. The Morgan fingerprint density at radius 1 is 1.17 bits per heavy atom. The van der Waals surface area contributed by atoms with Crippen molar-refractivity contribution in [2.75, 3.05) is 11.4 Å². The van der Waals surface area contributed by atoms with Crippen molar-refractivity contribution in [3.8, 4) is 0 Å². The topological polar surface area (TPSA) is 32.3 Å². The molecule has 0 aromatic heterocycles. The second-order valence-corrected chi connectivity index (χ2v) is 5.96. The van der Waals surface area contributed by atoms with Crippen LogP contribution in [0.15, 0.2) is 54.6 Å². The van der Waals surface area contributed by atoms with Crippen molar-refractivity contribution < 1.29 is 9.18 Å². The van der Waals surface area contributed by atoms with Gasteiger partial charge in [-0.2, -0.15) is 0 Å². The lowest BCUT2D eigenvalue weighted by molar-refractivity contribution is -0.122. The van der Waals surface area contributed by atoms with Crippen LogP contribution >= 0.6 is 0 Å². The van der Waals surface area contributed by atoms with Gasteiger partial charge in [-0.25, -0.2) is 4.39 Å². The summed E-state index contributed by atoms with van der Waals surface area (Å²) in [6.07, 6.45) is 1.71. The summed E-state index contributed by atoms with van der Waals surface area (Å²) >= 11 is 0. The lowest BCUT2D eigenvalue weighted by Gasteiger charge is -2.34. The van der Waals surface area contributed by atoms with Crippen molar-refractivity contribution >= 4 is 11.6 Å². The molecule has 1 N–H and O–H groups in total. The van der Waals surface area contributed by atoms with E-state index in [-0.39, 0.29) is 23.8 Å². The van der Waals surface area contributed by atoms with E-state index in [2.05, 4.69) is 24.4 Å². The molecule has 1 heterocycles. The molecule has 1 unspecified atom stereocenters. The van der Waals surface area contributed by atoms with Gasteiger partial charge in [0, 0.05) is 18.3 Å². The highest BCUT2D eigenvalue weighted by molar-refractivity contribution is 5.97. The van der Waals surface area contributed by atoms with Crippen molar-refractivity contribution in [2.24, 2.45) is 0 Å². The van der Waals surface area contributed by atoms with Gasteiger partial charge in [0.2, 0.25) is 5.91 Å². The number of hydrogen-bond donors (Lipinski definition) is 1. The number of benzene rings is 2. The van der Waals surface area contributed by atoms with E-state index in [0.717, 1.165) is 18.4 Å². The average molecular weight is 312 g/mol. The Labute approximate surface area is 136 Å². The Bertz CT molecular complexity index is 674. The van der Waals surface area contributed by atoms with Crippen LogP contribution in [-0.4, -0.2) is 18.5 Å². The first-order chi connectivity index (χ1) is 11.1. The van der Waals surface area contributed by atoms with Crippen LogP contribution in [0.3, 0.4) is 0 Å². The molecule has 1 amide bonds. The van der Waals surface area contributed by atoms with Crippen LogP contribution in [0.5, 0.6) is 0 Å². The normalized spacial score (nSPS) is 19.7. The SMILES string of the molecule is C[C@H](NC1CCCN(c2cccc(F)c2)C1=O)c1ccccc1. The molecule has 0 saturated carbocycles. The molecule has 2 aromatic rings. The minimum atomic E-state index is -0.317. The number of nitrogens with zero attached hydrogens (tertiary/aromatic N) is 1. The number of carbonyl (C=O) groups is 1. The van der Waals surface area contributed by atoms with Crippen molar-refractivity contribution in [3.05, 3.63) is 66.0 Å². The van der Waals surface area contributed by atoms with Crippen molar-refractivity contribution in [1.29, 1.82) is 0 Å². The summed E-state index contributed by atoms with van der Waals surface area (Å²) in [5.74, 6) is -0.298. The van der Waals surface area contributed by atoms with Gasteiger partial charge in [0.05, 0.1) is 6.04 Å². The smallest absolute Gasteiger partial charge is 0.244 e. The molecule has 1 aliphatic rings. The molecule has 0 spiro atoms. The van der Waals surface area contributed by atoms with E-state index in [1.807, 2.05) is 18.2 Å². The van der Waals surface area contributed by atoms with E-state index < -0.39 is 0 Å². The molecule has 0 aliphatic carbocycles. The number of amides is 1. The van der Waals surface area contributed by atoms with Crippen molar-refractivity contribution in [1.82, 2.24) is 5.32 Å². The quantitative estimate of drug-likeness (QED) is 0.934. The van der Waals surface area contributed by atoms with Gasteiger partial charge in [-0.3, -0.25) is 10.1 Å². The lowest BCUT2D eigenvalue weighted by atomic mass is 10.0. The highest BCUT2D eigenvalue weighted by Crippen LogP contribution is 2.23. The number of halogens is 1. The predicted octanol–water partition coefficient (Wildman–Crippen LogP) is 3.67. The Kier molecular flexibility index (Phi) is 4.72. The monoisotopic (exact) mass is 312 g/mol. The maximum absolute atomic E-state index is 13.4. The van der Waals surface area contributed by atoms with Gasteiger partial charge in [-0.05, 0) is 43.5 Å². The second-order valence-electron chi connectivity index (χ2n) is 5.96. The fraction of sp³-hybridized carbons (Fsp3) is 0.316. The van der Waals surface area contributed by atoms with Crippen LogP contribution in [0.4, 0.5) is 10.1 Å². The van der Waals surface area contributed by atoms with Crippen LogP contribution in [0.1, 0.15) is 31.4 Å². The van der Waals surface area contributed by atoms with E-state index in [1.165, 1.54) is 12.1 Å². The second kappa shape index (κ2) is 6.92. The Morgan fingerprint density at radius 2 is 1.96 bits per heavy atom. The van der Waals surface area contributed by atoms with Gasteiger partial charge in [0.1, 0.15) is 5.82 Å². The first-order valence-corrected chi connectivity index (χ1v) is 8.03. The van der Waals surface area contributed by atoms with Crippen LogP contribution in [-0.2, 0) is 4.79 Å². The van der Waals surface area contributed by atoms with Crippen LogP contribution in [0.2, 0.25) is 0 Å². The molecule has 1 aliphatic heterocycles. The summed E-state index contributed by atoms with van der Waals surface area (Å²) in [6, 6.07) is 16.2. The number of hydrogen-bond acceptors (Lipinski definition) is 2. The van der Waals surface area contributed by atoms with Crippen LogP contribution in [0.25, 0.3) is 0 Å². The number of piperidine rings is 1. The molecule has 3 nitrogen and oxygen atoms in total. The van der Waals surface area contributed by atoms with Crippen molar-refractivity contribution in [3.63, 3.8) is 0 Å². The third-order valence-electron chi connectivity index (χ3n) is 4.31. The average Bonchev–Trinajstić information content (AvgIpc) is 2.57. The fourth-order valence-corrected chi connectivity index (χ4v) is 3.07. The first-order valence-electron chi connectivity index (χ1n) is 8.03. The molecule has 4 heteroatoms. The van der Waals surface area contributed by atoms with E-state index in [0.29, 0.717) is 12.2 Å². The van der Waals surface area contributed by atoms with E-state index in [9.17, 15) is 9.18 Å². The first kappa shape index (κ1) is 15.7. The highest BCUT2D eigenvalue weighted by Gasteiger charge is 2.30. The predicted molar refractivity (Wildman–Crippen MR) is 89.8 cm³/mol. The number of nitrogens with one attached hydrogen (secondary N) is 1. The van der Waals surface area contributed by atoms with Gasteiger partial charge in [-0.15, -0.1) is 0 Å². The fourth-order valence-electron chi connectivity index (χ4n) is 3.07. The molecule has 120 valence electrons. The van der Waals surface area contributed by atoms with E-state index in [4.69, 9.17) is 0 Å². The zero-order valence-electron chi connectivity index (χ0n) is 13.2. The summed E-state index contributed by atoms with van der Waals surface area (Å²) in [5, 5.41) is 3.41. The lowest BCUT2D eigenvalue weighted by Crippen LogP contribution is -2.51. The largest absolute Gasteiger partial charge is 0.311 e. The number of anilines is 1. The summed E-state index contributed by atoms with van der Waals surface area (Å²) in [6.45, 7) is 2.70. The van der Waals surface area contributed by atoms with Gasteiger partial charge in [0.25, 0.3) is 0 Å². The molecule has 1 fully saturated rings. The van der Waals surface area contributed by atoms with Crippen LogP contribution < -0.4 is 10.2 Å². The maximum Gasteiger partial charge on any atom is 0.244 e. The maximum atomic E-state index is 13.4. The summed E-state index contributed by atoms with van der Waals surface area (Å²) in [5.41, 5.74) is 1.79. The van der Waals surface area contributed by atoms with Gasteiger partial charge in [0.15, 0.2) is 0 Å².